The fourth-order valence-corrected chi connectivity index (χ4v) is 1.79. The average molecular weight is 278 g/mol. The Kier molecular flexibility index (Phi) is 3.53. The molecule has 0 saturated carbocycles. The van der Waals surface area contributed by atoms with E-state index in [0.717, 1.165) is 0 Å². The first kappa shape index (κ1) is 13.7. The van der Waals surface area contributed by atoms with Crippen molar-refractivity contribution in [2.75, 3.05) is 5.73 Å². The van der Waals surface area contributed by atoms with Crippen molar-refractivity contribution in [2.24, 2.45) is 0 Å². The molecule has 0 aliphatic heterocycles. The maximum absolute atomic E-state index is 12.4. The molecule has 6 heteroatoms. The number of halogens is 3. The van der Waals surface area contributed by atoms with Crippen molar-refractivity contribution in [1.82, 2.24) is 0 Å². The number of nitriles is 1. The first-order valence-corrected chi connectivity index (χ1v) is 5.55. The number of nitrogens with two attached hydrogens (primary N) is 1. The molecule has 0 fully saturated rings. The third kappa shape index (κ3) is 3.01. The molecular weight excluding hydrogens is 269 g/mol. The Morgan fingerprint density at radius 2 is 1.75 bits per heavy atom. The second kappa shape index (κ2) is 5.13. The normalized spacial score (nSPS) is 10.9. The van der Waals surface area contributed by atoms with Crippen LogP contribution in [0.2, 0.25) is 0 Å². The number of alkyl halides is 3. The number of para-hydroxylation sites is 1. The second-order valence-electron chi connectivity index (χ2n) is 3.96. The van der Waals surface area contributed by atoms with E-state index in [0.29, 0.717) is 11.3 Å². The first-order chi connectivity index (χ1) is 9.40. The van der Waals surface area contributed by atoms with E-state index in [-0.39, 0.29) is 16.9 Å². The van der Waals surface area contributed by atoms with Crippen LogP contribution in [0.25, 0.3) is 11.1 Å². The zero-order valence-electron chi connectivity index (χ0n) is 10.1. The van der Waals surface area contributed by atoms with Crippen LogP contribution in [0.5, 0.6) is 5.75 Å². The first-order valence-electron chi connectivity index (χ1n) is 5.55. The van der Waals surface area contributed by atoms with Gasteiger partial charge in [0.15, 0.2) is 0 Å². The SMILES string of the molecule is N#Cc1cc(N)ccc1-c1ccccc1OC(F)(F)F. The number of nitrogens with zero attached hydrogens (tertiary/aromatic N) is 1. The minimum Gasteiger partial charge on any atom is -0.405 e. The molecule has 0 atom stereocenters. The van der Waals surface area contributed by atoms with Crippen molar-refractivity contribution < 1.29 is 17.9 Å². The van der Waals surface area contributed by atoms with Crippen LogP contribution >= 0.6 is 0 Å². The molecule has 0 unspecified atom stereocenters. The summed E-state index contributed by atoms with van der Waals surface area (Å²) in [6.07, 6.45) is -4.79. The minimum absolute atomic E-state index is 0.182. The van der Waals surface area contributed by atoms with Gasteiger partial charge >= 0.3 is 6.36 Å². The number of anilines is 1. The molecular formula is C14H9F3N2O. The van der Waals surface area contributed by atoms with Crippen LogP contribution in [0.15, 0.2) is 42.5 Å². The molecule has 0 bridgehead atoms. The molecule has 2 aromatic carbocycles. The number of rotatable bonds is 2. The van der Waals surface area contributed by atoms with Crippen molar-refractivity contribution in [3.8, 4) is 22.9 Å². The number of nitrogen functional groups attached to an aromatic ring is 1. The molecule has 0 amide bonds. The standard InChI is InChI=1S/C14H9F3N2O/c15-14(16,17)20-13-4-2-1-3-12(13)11-6-5-10(19)7-9(11)8-18/h1-7H,19H2. The lowest BCUT2D eigenvalue weighted by Crippen LogP contribution is -2.17. The fraction of sp³-hybridized carbons (Fsp3) is 0.0714. The smallest absolute Gasteiger partial charge is 0.405 e. The molecule has 0 aliphatic rings. The van der Waals surface area contributed by atoms with Crippen LogP contribution in [0.1, 0.15) is 5.56 Å². The van der Waals surface area contributed by atoms with Gasteiger partial charge in [0.05, 0.1) is 11.6 Å². The van der Waals surface area contributed by atoms with Gasteiger partial charge < -0.3 is 10.5 Å². The third-order valence-corrected chi connectivity index (χ3v) is 2.57. The summed E-state index contributed by atoms with van der Waals surface area (Å²) < 4.78 is 41.1. The predicted molar refractivity (Wildman–Crippen MR) is 67.7 cm³/mol. The highest BCUT2D eigenvalue weighted by molar-refractivity contribution is 5.77. The zero-order chi connectivity index (χ0) is 14.8. The topological polar surface area (TPSA) is 59.0 Å². The Balaban J connectivity index is 2.57. The van der Waals surface area contributed by atoms with Gasteiger partial charge in [-0.1, -0.05) is 24.3 Å². The van der Waals surface area contributed by atoms with Gasteiger partial charge in [-0.05, 0) is 18.2 Å². The van der Waals surface area contributed by atoms with E-state index in [9.17, 15) is 13.2 Å². The van der Waals surface area contributed by atoms with Crippen molar-refractivity contribution >= 4 is 5.69 Å². The predicted octanol–water partition coefficient (Wildman–Crippen LogP) is 3.71. The number of ether oxygens (including phenoxy) is 1. The molecule has 0 saturated heterocycles. The quantitative estimate of drug-likeness (QED) is 0.852. The summed E-state index contributed by atoms with van der Waals surface area (Å²) in [5, 5.41) is 9.06. The van der Waals surface area contributed by atoms with Gasteiger partial charge in [0.25, 0.3) is 0 Å². The highest BCUT2D eigenvalue weighted by Crippen LogP contribution is 2.35. The van der Waals surface area contributed by atoms with Crippen LogP contribution in [0.4, 0.5) is 18.9 Å². The molecule has 0 spiro atoms. The summed E-state index contributed by atoms with van der Waals surface area (Å²) in [5.41, 5.74) is 6.62. The summed E-state index contributed by atoms with van der Waals surface area (Å²) in [7, 11) is 0. The minimum atomic E-state index is -4.79. The molecule has 20 heavy (non-hydrogen) atoms. The lowest BCUT2D eigenvalue weighted by atomic mass is 9.99. The van der Waals surface area contributed by atoms with E-state index in [1.165, 1.54) is 36.4 Å². The van der Waals surface area contributed by atoms with E-state index in [4.69, 9.17) is 11.0 Å². The van der Waals surface area contributed by atoms with Crippen LogP contribution in [-0.2, 0) is 0 Å². The monoisotopic (exact) mass is 278 g/mol. The van der Waals surface area contributed by atoms with Gasteiger partial charge in [-0.15, -0.1) is 13.2 Å². The summed E-state index contributed by atoms with van der Waals surface area (Å²) in [6, 6.07) is 12.0. The maximum atomic E-state index is 12.4. The number of benzene rings is 2. The summed E-state index contributed by atoms with van der Waals surface area (Å²) in [6.45, 7) is 0. The Bertz CT molecular complexity index is 675. The molecule has 0 aromatic heterocycles. The fourth-order valence-electron chi connectivity index (χ4n) is 1.79. The van der Waals surface area contributed by atoms with Gasteiger partial charge in [-0.3, -0.25) is 0 Å². The van der Waals surface area contributed by atoms with Gasteiger partial charge in [-0.25, -0.2) is 0 Å². The largest absolute Gasteiger partial charge is 0.573 e. The Hall–Kier alpha value is -2.68. The van der Waals surface area contributed by atoms with E-state index in [2.05, 4.69) is 4.74 Å². The summed E-state index contributed by atoms with van der Waals surface area (Å²) in [4.78, 5) is 0. The third-order valence-electron chi connectivity index (χ3n) is 2.57. The van der Waals surface area contributed by atoms with E-state index in [1.807, 2.05) is 6.07 Å². The van der Waals surface area contributed by atoms with E-state index >= 15 is 0 Å². The molecule has 0 radical (unpaired) electrons. The summed E-state index contributed by atoms with van der Waals surface area (Å²) in [5.74, 6) is -0.360. The molecule has 3 nitrogen and oxygen atoms in total. The number of hydrogen-bond donors (Lipinski definition) is 1. The lowest BCUT2D eigenvalue weighted by molar-refractivity contribution is -0.274. The Labute approximate surface area is 113 Å². The van der Waals surface area contributed by atoms with Gasteiger partial charge in [0.1, 0.15) is 5.75 Å². The van der Waals surface area contributed by atoms with Gasteiger partial charge in [0.2, 0.25) is 0 Å². The van der Waals surface area contributed by atoms with Crippen molar-refractivity contribution in [3.05, 3.63) is 48.0 Å². The molecule has 0 aliphatic carbocycles. The number of hydrogen-bond acceptors (Lipinski definition) is 3. The van der Waals surface area contributed by atoms with Crippen LogP contribution in [0, 0.1) is 11.3 Å². The summed E-state index contributed by atoms with van der Waals surface area (Å²) >= 11 is 0. The lowest BCUT2D eigenvalue weighted by Gasteiger charge is -2.14. The van der Waals surface area contributed by atoms with Crippen molar-refractivity contribution in [2.45, 2.75) is 6.36 Å². The van der Waals surface area contributed by atoms with Crippen LogP contribution in [-0.4, -0.2) is 6.36 Å². The molecule has 2 N–H and O–H groups in total. The van der Waals surface area contributed by atoms with E-state index in [1.54, 1.807) is 6.07 Å². The van der Waals surface area contributed by atoms with Crippen molar-refractivity contribution in [1.29, 1.82) is 5.26 Å². The molecule has 2 aromatic rings. The van der Waals surface area contributed by atoms with Gasteiger partial charge in [0, 0.05) is 16.8 Å². The maximum Gasteiger partial charge on any atom is 0.573 e. The van der Waals surface area contributed by atoms with E-state index < -0.39 is 6.36 Å². The Morgan fingerprint density at radius 1 is 1.05 bits per heavy atom. The molecule has 2 rings (SSSR count). The second-order valence-corrected chi connectivity index (χ2v) is 3.96. The van der Waals surface area contributed by atoms with Gasteiger partial charge in [-0.2, -0.15) is 5.26 Å². The molecule has 0 heterocycles. The Morgan fingerprint density at radius 3 is 2.40 bits per heavy atom. The zero-order valence-corrected chi connectivity index (χ0v) is 10.1. The van der Waals surface area contributed by atoms with Crippen LogP contribution in [0.3, 0.4) is 0 Å². The molecule has 102 valence electrons. The average Bonchev–Trinajstić information content (AvgIpc) is 2.38. The highest BCUT2D eigenvalue weighted by atomic mass is 19.4. The van der Waals surface area contributed by atoms with Crippen LogP contribution < -0.4 is 10.5 Å². The van der Waals surface area contributed by atoms with Crippen molar-refractivity contribution in [3.63, 3.8) is 0 Å². The highest BCUT2D eigenvalue weighted by Gasteiger charge is 2.32.